The van der Waals surface area contributed by atoms with E-state index >= 15 is 0 Å². The highest BCUT2D eigenvalue weighted by molar-refractivity contribution is 7.17. The summed E-state index contributed by atoms with van der Waals surface area (Å²) in [6.07, 6.45) is 3.91. The van der Waals surface area contributed by atoms with E-state index in [0.717, 1.165) is 29.1 Å². The molecule has 0 radical (unpaired) electrons. The number of fused-ring (bicyclic) bond motifs is 1. The van der Waals surface area contributed by atoms with Crippen LogP contribution in [-0.4, -0.2) is 35.6 Å². The molecule has 19 heavy (non-hydrogen) atoms. The third kappa shape index (κ3) is 2.16. The van der Waals surface area contributed by atoms with E-state index in [-0.39, 0.29) is 5.97 Å². The van der Waals surface area contributed by atoms with Crippen LogP contribution in [0.15, 0.2) is 11.7 Å². The first kappa shape index (κ1) is 12.3. The second-order valence-electron chi connectivity index (χ2n) is 4.44. The Labute approximate surface area is 115 Å². The van der Waals surface area contributed by atoms with E-state index in [4.69, 9.17) is 4.74 Å². The van der Waals surface area contributed by atoms with Crippen LogP contribution >= 0.6 is 11.3 Å². The summed E-state index contributed by atoms with van der Waals surface area (Å²) in [5, 5.41) is 2.66. The van der Waals surface area contributed by atoms with Crippen LogP contribution in [0.1, 0.15) is 30.1 Å². The van der Waals surface area contributed by atoms with Crippen LogP contribution in [0.3, 0.4) is 0 Å². The van der Waals surface area contributed by atoms with Gasteiger partial charge < -0.3 is 9.64 Å². The van der Waals surface area contributed by atoms with Crippen molar-refractivity contribution in [3.05, 3.63) is 17.3 Å². The molecule has 3 heterocycles. The topological polar surface area (TPSA) is 55.3 Å². The fraction of sp³-hybridized carbons (Fsp3) is 0.462. The van der Waals surface area contributed by atoms with Gasteiger partial charge in [-0.3, -0.25) is 0 Å². The van der Waals surface area contributed by atoms with Crippen molar-refractivity contribution in [3.63, 3.8) is 0 Å². The largest absolute Gasteiger partial charge is 0.462 e. The minimum atomic E-state index is -0.288. The number of hydrogen-bond donors (Lipinski definition) is 0. The number of nitrogens with zero attached hydrogens (tertiary/aromatic N) is 3. The molecule has 1 fully saturated rings. The van der Waals surface area contributed by atoms with Crippen molar-refractivity contribution in [1.82, 2.24) is 9.97 Å². The van der Waals surface area contributed by atoms with Crippen LogP contribution in [-0.2, 0) is 4.74 Å². The number of ether oxygens (including phenoxy) is 1. The van der Waals surface area contributed by atoms with Crippen LogP contribution in [0.4, 0.5) is 5.82 Å². The first-order chi connectivity index (χ1) is 9.31. The normalized spacial score (nSPS) is 15.1. The summed E-state index contributed by atoms with van der Waals surface area (Å²) >= 11 is 1.46. The smallest absolute Gasteiger partial charge is 0.339 e. The Morgan fingerprint density at radius 1 is 1.42 bits per heavy atom. The van der Waals surface area contributed by atoms with Crippen LogP contribution in [0.25, 0.3) is 10.2 Å². The molecule has 0 unspecified atom stereocenters. The molecule has 5 nitrogen and oxygen atoms in total. The SMILES string of the molecule is CCOC(=O)c1csc2ncnc(N3CCCC3)c12. The van der Waals surface area contributed by atoms with Gasteiger partial charge in [0.05, 0.1) is 17.6 Å². The van der Waals surface area contributed by atoms with E-state index in [0.29, 0.717) is 12.2 Å². The van der Waals surface area contributed by atoms with Gasteiger partial charge in [0.1, 0.15) is 17.0 Å². The third-order valence-corrected chi connectivity index (χ3v) is 4.14. The van der Waals surface area contributed by atoms with Gasteiger partial charge in [-0.2, -0.15) is 0 Å². The monoisotopic (exact) mass is 277 g/mol. The van der Waals surface area contributed by atoms with Crippen molar-refractivity contribution in [2.45, 2.75) is 19.8 Å². The van der Waals surface area contributed by atoms with Gasteiger partial charge in [-0.05, 0) is 19.8 Å². The lowest BCUT2D eigenvalue weighted by atomic mass is 10.2. The maximum Gasteiger partial charge on any atom is 0.339 e. The van der Waals surface area contributed by atoms with Crippen LogP contribution in [0, 0.1) is 0 Å². The van der Waals surface area contributed by atoms with Gasteiger partial charge in [0.2, 0.25) is 0 Å². The maximum atomic E-state index is 12.0. The second-order valence-corrected chi connectivity index (χ2v) is 5.30. The molecule has 1 aliphatic rings. The summed E-state index contributed by atoms with van der Waals surface area (Å²) in [5.41, 5.74) is 0.587. The molecule has 0 atom stereocenters. The van der Waals surface area contributed by atoms with Crippen molar-refractivity contribution >= 4 is 33.3 Å². The van der Waals surface area contributed by atoms with Crippen LogP contribution < -0.4 is 4.90 Å². The fourth-order valence-corrected chi connectivity index (χ4v) is 3.26. The lowest BCUT2D eigenvalue weighted by molar-refractivity contribution is 0.0529. The van der Waals surface area contributed by atoms with E-state index < -0.39 is 0 Å². The van der Waals surface area contributed by atoms with Gasteiger partial charge in [0.15, 0.2) is 0 Å². The highest BCUT2D eigenvalue weighted by atomic mass is 32.1. The quantitative estimate of drug-likeness (QED) is 0.807. The van der Waals surface area contributed by atoms with Crippen molar-refractivity contribution < 1.29 is 9.53 Å². The number of esters is 1. The summed E-state index contributed by atoms with van der Waals surface area (Å²) < 4.78 is 5.11. The predicted molar refractivity (Wildman–Crippen MR) is 74.8 cm³/mol. The second kappa shape index (κ2) is 5.13. The minimum Gasteiger partial charge on any atom is -0.462 e. The Morgan fingerprint density at radius 3 is 2.95 bits per heavy atom. The summed E-state index contributed by atoms with van der Waals surface area (Å²) in [6.45, 7) is 4.17. The van der Waals surface area contributed by atoms with E-state index in [1.54, 1.807) is 6.33 Å². The number of thiophene rings is 1. The third-order valence-electron chi connectivity index (χ3n) is 3.25. The Morgan fingerprint density at radius 2 is 2.21 bits per heavy atom. The number of hydrogen-bond acceptors (Lipinski definition) is 6. The Hall–Kier alpha value is -1.69. The summed E-state index contributed by atoms with van der Waals surface area (Å²) in [5.74, 6) is 0.579. The molecule has 0 amide bonds. The molecule has 1 saturated heterocycles. The number of aromatic nitrogens is 2. The molecule has 100 valence electrons. The molecule has 6 heteroatoms. The van der Waals surface area contributed by atoms with E-state index in [1.807, 2.05) is 12.3 Å². The molecule has 3 rings (SSSR count). The zero-order chi connectivity index (χ0) is 13.2. The predicted octanol–water partition coefficient (Wildman–Crippen LogP) is 2.47. The molecule has 1 aliphatic heterocycles. The van der Waals surface area contributed by atoms with Crippen LogP contribution in [0.2, 0.25) is 0 Å². The molecular weight excluding hydrogens is 262 g/mol. The number of carbonyl (C=O) groups excluding carboxylic acids is 1. The molecule has 0 spiro atoms. The molecule has 0 aromatic carbocycles. The molecule has 0 N–H and O–H groups in total. The minimum absolute atomic E-state index is 0.288. The standard InChI is InChI=1S/C13H15N3O2S/c1-2-18-13(17)9-7-19-12-10(9)11(14-8-15-12)16-5-3-4-6-16/h7-8H,2-6H2,1H3. The molecule has 0 bridgehead atoms. The van der Waals surface area contributed by atoms with Crippen molar-refractivity contribution in [1.29, 1.82) is 0 Å². The molecule has 2 aromatic heterocycles. The Kier molecular flexibility index (Phi) is 3.33. The van der Waals surface area contributed by atoms with Gasteiger partial charge in [-0.15, -0.1) is 11.3 Å². The fourth-order valence-electron chi connectivity index (χ4n) is 2.39. The number of anilines is 1. The summed E-state index contributed by atoms with van der Waals surface area (Å²) in [7, 11) is 0. The maximum absolute atomic E-state index is 12.0. The van der Waals surface area contributed by atoms with Gasteiger partial charge in [-0.1, -0.05) is 0 Å². The summed E-state index contributed by atoms with van der Waals surface area (Å²) in [4.78, 5) is 23.7. The highest BCUT2D eigenvalue weighted by Crippen LogP contribution is 2.33. The van der Waals surface area contributed by atoms with Gasteiger partial charge in [0.25, 0.3) is 0 Å². The number of rotatable bonds is 3. The first-order valence-corrected chi connectivity index (χ1v) is 7.33. The summed E-state index contributed by atoms with van der Waals surface area (Å²) in [6, 6.07) is 0. The first-order valence-electron chi connectivity index (χ1n) is 6.45. The molecule has 2 aromatic rings. The molecule has 0 aliphatic carbocycles. The van der Waals surface area contributed by atoms with E-state index in [1.165, 1.54) is 24.2 Å². The Bertz CT molecular complexity index is 605. The Balaban J connectivity index is 2.10. The lowest BCUT2D eigenvalue weighted by Crippen LogP contribution is -2.20. The zero-order valence-electron chi connectivity index (χ0n) is 10.8. The van der Waals surface area contributed by atoms with Crippen molar-refractivity contribution in [2.75, 3.05) is 24.6 Å². The van der Waals surface area contributed by atoms with E-state index in [9.17, 15) is 4.79 Å². The zero-order valence-corrected chi connectivity index (χ0v) is 11.6. The highest BCUT2D eigenvalue weighted by Gasteiger charge is 2.22. The lowest BCUT2D eigenvalue weighted by Gasteiger charge is -2.17. The van der Waals surface area contributed by atoms with Gasteiger partial charge in [0, 0.05) is 18.5 Å². The van der Waals surface area contributed by atoms with Crippen molar-refractivity contribution in [2.24, 2.45) is 0 Å². The van der Waals surface area contributed by atoms with Gasteiger partial charge in [-0.25, -0.2) is 14.8 Å². The van der Waals surface area contributed by atoms with E-state index in [2.05, 4.69) is 14.9 Å². The molecular formula is C13H15N3O2S. The average Bonchev–Trinajstić information content (AvgIpc) is 3.08. The number of carbonyl (C=O) groups is 1. The van der Waals surface area contributed by atoms with Gasteiger partial charge >= 0.3 is 5.97 Å². The van der Waals surface area contributed by atoms with Crippen LogP contribution in [0.5, 0.6) is 0 Å². The molecule has 0 saturated carbocycles. The average molecular weight is 277 g/mol. The van der Waals surface area contributed by atoms with Crippen molar-refractivity contribution in [3.8, 4) is 0 Å².